The highest BCUT2D eigenvalue weighted by atomic mass is 32.2. The minimum atomic E-state index is -3.99. The molecule has 184 valence electrons. The third kappa shape index (κ3) is 6.58. The van der Waals surface area contributed by atoms with Crippen LogP contribution < -0.4 is 20.3 Å². The highest BCUT2D eigenvalue weighted by Gasteiger charge is 2.26. The molecule has 3 aromatic rings. The van der Waals surface area contributed by atoms with Crippen molar-refractivity contribution in [1.29, 1.82) is 0 Å². The first-order chi connectivity index (χ1) is 16.7. The second-order valence-electron chi connectivity index (χ2n) is 7.67. The molecule has 0 radical (unpaired) electrons. The number of hydrogen-bond acceptors (Lipinski definition) is 6. The van der Waals surface area contributed by atoms with Gasteiger partial charge in [-0.05, 0) is 42.3 Å². The van der Waals surface area contributed by atoms with Crippen LogP contribution in [0.4, 0.5) is 0 Å². The molecule has 0 saturated heterocycles. The topological polar surface area (TPSA) is 114 Å². The Morgan fingerprint density at radius 3 is 2.29 bits per heavy atom. The van der Waals surface area contributed by atoms with Gasteiger partial charge in [-0.15, -0.1) is 0 Å². The average Bonchev–Trinajstić information content (AvgIpc) is 2.86. The summed E-state index contributed by atoms with van der Waals surface area (Å²) in [5, 5.41) is 0. The van der Waals surface area contributed by atoms with Crippen molar-refractivity contribution in [3.05, 3.63) is 89.5 Å². The largest absolute Gasteiger partial charge is 0.495 e. The van der Waals surface area contributed by atoms with Crippen molar-refractivity contribution >= 4 is 21.8 Å². The number of ether oxygens (including phenoxy) is 2. The van der Waals surface area contributed by atoms with Crippen LogP contribution in [0.3, 0.4) is 0 Å². The molecule has 2 N–H and O–H groups in total. The van der Waals surface area contributed by atoms with Gasteiger partial charge in [-0.2, -0.15) is 4.31 Å². The summed E-state index contributed by atoms with van der Waals surface area (Å²) in [6.07, 6.45) is 0. The fourth-order valence-corrected chi connectivity index (χ4v) is 4.55. The van der Waals surface area contributed by atoms with Gasteiger partial charge in [-0.1, -0.05) is 48.5 Å². The van der Waals surface area contributed by atoms with Crippen LogP contribution in [0.25, 0.3) is 0 Å². The van der Waals surface area contributed by atoms with Crippen molar-refractivity contribution in [2.24, 2.45) is 0 Å². The molecule has 0 atom stereocenters. The summed E-state index contributed by atoms with van der Waals surface area (Å²) >= 11 is 0. The molecule has 0 heterocycles. The molecule has 0 bridgehead atoms. The number of para-hydroxylation sites is 1. The predicted octanol–water partition coefficient (Wildman–Crippen LogP) is 2.66. The lowest BCUT2D eigenvalue weighted by Gasteiger charge is -2.19. The van der Waals surface area contributed by atoms with Crippen molar-refractivity contribution < 1.29 is 27.5 Å². The average molecular weight is 498 g/mol. The van der Waals surface area contributed by atoms with Crippen molar-refractivity contribution in [2.45, 2.75) is 18.4 Å². The van der Waals surface area contributed by atoms with E-state index in [1.165, 1.54) is 36.7 Å². The number of hydrazine groups is 1. The number of carbonyl (C=O) groups excluding carboxylic acids is 2. The highest BCUT2D eigenvalue weighted by Crippen LogP contribution is 2.28. The normalized spacial score (nSPS) is 11.1. The highest BCUT2D eigenvalue weighted by molar-refractivity contribution is 7.89. The number of aryl methyl sites for hydroxylation is 1. The quantitative estimate of drug-likeness (QED) is 0.440. The van der Waals surface area contributed by atoms with E-state index in [2.05, 4.69) is 10.9 Å². The van der Waals surface area contributed by atoms with Crippen LogP contribution in [-0.2, 0) is 21.4 Å². The van der Waals surface area contributed by atoms with E-state index in [-0.39, 0.29) is 29.4 Å². The summed E-state index contributed by atoms with van der Waals surface area (Å²) in [6.45, 7) is 1.68. The molecule has 3 aromatic carbocycles. The summed E-state index contributed by atoms with van der Waals surface area (Å²) in [5.41, 5.74) is 6.23. The Bertz CT molecular complexity index is 1300. The van der Waals surface area contributed by atoms with Gasteiger partial charge >= 0.3 is 0 Å². The number of nitrogens with zero attached hydrogens (tertiary/aromatic N) is 1. The van der Waals surface area contributed by atoms with Crippen LogP contribution in [0, 0.1) is 6.92 Å². The molecule has 0 aromatic heterocycles. The van der Waals surface area contributed by atoms with Crippen molar-refractivity contribution in [2.75, 3.05) is 20.8 Å². The van der Waals surface area contributed by atoms with Crippen LogP contribution in [0.5, 0.6) is 11.5 Å². The van der Waals surface area contributed by atoms with Crippen LogP contribution in [0.2, 0.25) is 0 Å². The van der Waals surface area contributed by atoms with E-state index >= 15 is 0 Å². The molecule has 9 nitrogen and oxygen atoms in total. The molecular formula is C25H27N3O6S. The number of nitrogens with one attached hydrogen (secondary N) is 2. The van der Waals surface area contributed by atoms with Gasteiger partial charge in [-0.3, -0.25) is 20.4 Å². The smallest absolute Gasteiger partial charge is 0.276 e. The number of amides is 2. The lowest BCUT2D eigenvalue weighted by Crippen LogP contribution is -2.43. The minimum Gasteiger partial charge on any atom is -0.495 e. The molecule has 0 unspecified atom stereocenters. The number of carbonyl (C=O) groups is 2. The zero-order chi connectivity index (χ0) is 25.4. The second kappa shape index (κ2) is 11.5. The van der Waals surface area contributed by atoms with Crippen LogP contribution in [0.1, 0.15) is 21.5 Å². The van der Waals surface area contributed by atoms with Crippen molar-refractivity contribution in [3.63, 3.8) is 0 Å². The fraction of sp³-hybridized carbons (Fsp3) is 0.200. The lowest BCUT2D eigenvalue weighted by atomic mass is 10.2. The number of benzene rings is 3. The predicted molar refractivity (Wildman–Crippen MR) is 130 cm³/mol. The van der Waals surface area contributed by atoms with Gasteiger partial charge < -0.3 is 9.47 Å². The first-order valence-electron chi connectivity index (χ1n) is 10.7. The zero-order valence-corrected chi connectivity index (χ0v) is 20.5. The van der Waals surface area contributed by atoms with Gasteiger partial charge in [0.15, 0.2) is 6.61 Å². The number of methoxy groups -OCH3 is 1. The molecule has 3 rings (SSSR count). The molecule has 0 aliphatic heterocycles. The van der Waals surface area contributed by atoms with Crippen LogP contribution in [0.15, 0.2) is 77.7 Å². The Hall–Kier alpha value is -3.89. The minimum absolute atomic E-state index is 0.0256. The molecule has 0 saturated carbocycles. The SMILES string of the molecule is COc1ccc(C(=O)NNC(=O)COc2ccccc2C)cc1S(=O)(=O)N(C)Cc1ccccc1. The molecule has 0 spiro atoms. The molecule has 10 heteroatoms. The Morgan fingerprint density at radius 2 is 1.60 bits per heavy atom. The van der Waals surface area contributed by atoms with Crippen LogP contribution >= 0.6 is 0 Å². The monoisotopic (exact) mass is 497 g/mol. The molecule has 35 heavy (non-hydrogen) atoms. The maximum absolute atomic E-state index is 13.2. The van der Waals surface area contributed by atoms with Gasteiger partial charge in [0.1, 0.15) is 16.4 Å². The first-order valence-corrected chi connectivity index (χ1v) is 12.1. The van der Waals surface area contributed by atoms with Gasteiger partial charge in [0, 0.05) is 19.2 Å². The molecule has 0 aliphatic rings. The Balaban J connectivity index is 1.68. The molecule has 2 amide bonds. The van der Waals surface area contributed by atoms with Crippen LogP contribution in [-0.4, -0.2) is 45.3 Å². The third-order valence-corrected chi connectivity index (χ3v) is 6.95. The maximum Gasteiger partial charge on any atom is 0.276 e. The first kappa shape index (κ1) is 25.7. The third-order valence-electron chi connectivity index (χ3n) is 5.13. The van der Waals surface area contributed by atoms with E-state index in [0.717, 1.165) is 11.1 Å². The van der Waals surface area contributed by atoms with E-state index in [4.69, 9.17) is 9.47 Å². The lowest BCUT2D eigenvalue weighted by molar-refractivity contribution is -0.123. The summed E-state index contributed by atoms with van der Waals surface area (Å²) in [7, 11) is -1.19. The van der Waals surface area contributed by atoms with E-state index in [1.807, 2.05) is 49.4 Å². The van der Waals surface area contributed by atoms with E-state index in [9.17, 15) is 18.0 Å². The van der Waals surface area contributed by atoms with Gasteiger partial charge in [-0.25, -0.2) is 8.42 Å². The van der Waals surface area contributed by atoms with E-state index in [1.54, 1.807) is 12.1 Å². The van der Waals surface area contributed by atoms with Crippen molar-refractivity contribution in [3.8, 4) is 11.5 Å². The maximum atomic E-state index is 13.2. The standard InChI is InChI=1S/C25H27N3O6S/c1-18-9-7-8-12-21(18)34-17-24(29)26-27-25(30)20-13-14-22(33-3)23(15-20)35(31,32)28(2)16-19-10-5-4-6-11-19/h4-15H,16-17H2,1-3H3,(H,26,29)(H,27,30). The number of hydrogen-bond donors (Lipinski definition) is 2. The molecule has 0 aliphatic carbocycles. The second-order valence-corrected chi connectivity index (χ2v) is 9.68. The van der Waals surface area contributed by atoms with E-state index < -0.39 is 21.8 Å². The Labute approximate surface area is 204 Å². The van der Waals surface area contributed by atoms with Gasteiger partial charge in [0.25, 0.3) is 11.8 Å². The summed E-state index contributed by atoms with van der Waals surface area (Å²) in [6, 6.07) is 20.3. The van der Waals surface area contributed by atoms with Crippen molar-refractivity contribution in [1.82, 2.24) is 15.2 Å². The van der Waals surface area contributed by atoms with E-state index in [0.29, 0.717) is 5.75 Å². The molecular weight excluding hydrogens is 470 g/mol. The summed E-state index contributed by atoms with van der Waals surface area (Å²) < 4.78 is 38.3. The Morgan fingerprint density at radius 1 is 0.914 bits per heavy atom. The molecule has 0 fully saturated rings. The summed E-state index contributed by atoms with van der Waals surface area (Å²) in [5.74, 6) is -0.625. The van der Waals surface area contributed by atoms with Gasteiger partial charge in [0.2, 0.25) is 10.0 Å². The number of sulfonamides is 1. The summed E-state index contributed by atoms with van der Waals surface area (Å²) in [4.78, 5) is 24.5. The fourth-order valence-electron chi connectivity index (χ4n) is 3.21. The zero-order valence-electron chi connectivity index (χ0n) is 19.6. The van der Waals surface area contributed by atoms with Gasteiger partial charge in [0.05, 0.1) is 7.11 Å². The Kier molecular flexibility index (Phi) is 8.45. The number of rotatable bonds is 9.